The minimum absolute atomic E-state index is 0. The molecule has 4 aromatic carbocycles. The van der Waals surface area contributed by atoms with Gasteiger partial charge in [-0.2, -0.15) is 79.0 Å². The summed E-state index contributed by atoms with van der Waals surface area (Å²) >= 11 is 0. The quantitative estimate of drug-likeness (QED) is 0.0842. The van der Waals surface area contributed by atoms with Crippen LogP contribution in [0.5, 0.6) is 11.5 Å². The van der Waals surface area contributed by atoms with Crippen LogP contribution in [0, 0.1) is 0 Å². The molecular weight excluding hydrogens is 1240 g/mol. The van der Waals surface area contributed by atoms with Crippen LogP contribution in [0.25, 0.3) is 15.3 Å². The Hall–Kier alpha value is -3.75. The molecule has 0 aliphatic heterocycles. The molecule has 0 atom stereocenters. The Labute approximate surface area is 405 Å². The Kier molecular flexibility index (Phi) is 19.4. The van der Waals surface area contributed by atoms with E-state index in [0.717, 1.165) is 16.8 Å². The van der Waals surface area contributed by atoms with Gasteiger partial charge < -0.3 is 13.6 Å². The molecule has 0 aromatic heterocycles. The van der Waals surface area contributed by atoms with Gasteiger partial charge in [-0.3, -0.25) is 0 Å². The van der Waals surface area contributed by atoms with Gasteiger partial charge in [-0.05, 0) is 107 Å². The third kappa shape index (κ3) is 14.5. The number of halogens is 18. The van der Waals surface area contributed by atoms with E-state index in [1.54, 1.807) is 0 Å². The normalized spacial score (nSPS) is 13.4. The van der Waals surface area contributed by atoms with Crippen molar-refractivity contribution < 1.29 is 128 Å². The first-order valence-corrected chi connectivity index (χ1v) is 23.3. The standard InChI is InChI=1S/C39H37F12O2P.C2F6NO4S2.Au/c1-19(2)22-11-29(20(3)4)33(30(12-22)21(5)6)34-31(52-7)9-10-32(53-8)35(34)54(27-15-23(36(40,41)42)13-24(16-27)37(43,44)45)28-17-25(38(46,47)48)14-26(18-28)39(49,50)51;3-1(4,5)14(10,11)9-15(12,13)2(6,7)8;/h9-21H,1-8H3;;/q;-1;+1. The van der Waals surface area contributed by atoms with Gasteiger partial charge >= 0.3 is 58.1 Å². The average Bonchev–Trinajstić information content (AvgIpc) is 3.17. The molecule has 0 radical (unpaired) electrons. The fraction of sp³-hybridized carbons (Fsp3) is 0.415. The second-order valence-electron chi connectivity index (χ2n) is 15.5. The fourth-order valence-corrected chi connectivity index (χ4v) is 10.8. The molecule has 29 heteroatoms. The molecule has 0 bridgehead atoms. The molecule has 0 saturated heterocycles. The summed E-state index contributed by atoms with van der Waals surface area (Å²) in [5, 5.41) is -1.90. The molecule has 70 heavy (non-hydrogen) atoms. The van der Waals surface area contributed by atoms with Gasteiger partial charge in [0.2, 0.25) is 0 Å². The third-order valence-electron chi connectivity index (χ3n) is 9.59. The summed E-state index contributed by atoms with van der Waals surface area (Å²) in [7, 11) is -14.3. The number of hydrogen-bond acceptors (Lipinski definition) is 6. The molecule has 0 unspecified atom stereocenters. The Morgan fingerprint density at radius 2 is 0.757 bits per heavy atom. The summed E-state index contributed by atoms with van der Waals surface area (Å²) in [6, 6.07) is 7.40. The number of ether oxygens (including phenoxy) is 2. The predicted molar refractivity (Wildman–Crippen MR) is 219 cm³/mol. The zero-order chi connectivity index (χ0) is 53.6. The summed E-state index contributed by atoms with van der Waals surface area (Å²) < 4.78 is 293. The van der Waals surface area contributed by atoms with Crippen LogP contribution in [-0.2, 0) is 67.1 Å². The van der Waals surface area contributed by atoms with E-state index in [0.29, 0.717) is 41.0 Å². The van der Waals surface area contributed by atoms with Gasteiger partial charge in [0.1, 0.15) is 11.5 Å². The van der Waals surface area contributed by atoms with Gasteiger partial charge in [-0.1, -0.05) is 53.7 Å². The van der Waals surface area contributed by atoms with Crippen LogP contribution in [0.1, 0.15) is 98.2 Å². The second kappa shape index (κ2) is 21.8. The molecule has 7 nitrogen and oxygen atoms in total. The maximum absolute atomic E-state index is 14.3. The first-order chi connectivity index (χ1) is 30.9. The smallest absolute Gasteiger partial charge is 0.496 e. The maximum atomic E-state index is 14.3. The number of alkyl halides is 18. The summed E-state index contributed by atoms with van der Waals surface area (Å²) in [4.78, 5) is 0. The molecule has 0 aliphatic carbocycles. The van der Waals surface area contributed by atoms with Gasteiger partial charge in [-0.15, -0.1) is 0 Å². The molecule has 0 saturated carbocycles. The van der Waals surface area contributed by atoms with Crippen molar-refractivity contribution in [3.8, 4) is 22.6 Å². The van der Waals surface area contributed by atoms with Crippen molar-refractivity contribution in [1.29, 1.82) is 0 Å². The van der Waals surface area contributed by atoms with Gasteiger partial charge in [-0.25, -0.2) is 16.8 Å². The summed E-state index contributed by atoms with van der Waals surface area (Å²) in [5.41, 5.74) is -17.0. The van der Waals surface area contributed by atoms with Crippen molar-refractivity contribution in [3.05, 3.63) is 104 Å². The third-order valence-corrected chi connectivity index (χ3v) is 14.8. The Morgan fingerprint density at radius 1 is 0.457 bits per heavy atom. The molecule has 396 valence electrons. The van der Waals surface area contributed by atoms with Crippen molar-refractivity contribution in [2.24, 2.45) is 0 Å². The van der Waals surface area contributed by atoms with Crippen molar-refractivity contribution in [1.82, 2.24) is 0 Å². The number of benzene rings is 4. The van der Waals surface area contributed by atoms with E-state index >= 15 is 0 Å². The second-order valence-corrected chi connectivity index (χ2v) is 21.1. The summed E-state index contributed by atoms with van der Waals surface area (Å²) in [6.07, 6.45) is -21.6. The van der Waals surface area contributed by atoms with Crippen LogP contribution < -0.4 is 25.4 Å². The first-order valence-electron chi connectivity index (χ1n) is 19.1. The molecule has 0 aliphatic rings. The predicted octanol–water partition coefficient (Wildman–Crippen LogP) is 13.6. The molecule has 4 aromatic rings. The number of nitrogens with zero attached hydrogens (tertiary/aromatic N) is 1. The van der Waals surface area contributed by atoms with E-state index in [9.17, 15) is 95.9 Å². The van der Waals surface area contributed by atoms with E-state index in [1.807, 2.05) is 53.7 Å². The van der Waals surface area contributed by atoms with Gasteiger partial charge in [0, 0.05) is 10.9 Å². The van der Waals surface area contributed by atoms with Crippen molar-refractivity contribution >= 4 is 43.9 Å². The van der Waals surface area contributed by atoms with Crippen LogP contribution in [0.4, 0.5) is 79.0 Å². The maximum Gasteiger partial charge on any atom is 1.00 e. The Bertz CT molecular complexity index is 2520. The van der Waals surface area contributed by atoms with Crippen LogP contribution >= 0.6 is 7.92 Å². The topological polar surface area (TPSA) is 101 Å². The van der Waals surface area contributed by atoms with Crippen molar-refractivity contribution in [2.75, 3.05) is 14.2 Å². The van der Waals surface area contributed by atoms with E-state index in [2.05, 4.69) is 0 Å². The molecule has 0 N–H and O–H groups in total. The zero-order valence-electron chi connectivity index (χ0n) is 36.8. The molecule has 4 rings (SSSR count). The van der Waals surface area contributed by atoms with Crippen LogP contribution in [0.2, 0.25) is 0 Å². The molecule has 0 fully saturated rings. The van der Waals surface area contributed by atoms with Gasteiger partial charge in [0.25, 0.3) is 0 Å². The largest absolute Gasteiger partial charge is 1.00 e. The summed E-state index contributed by atoms with van der Waals surface area (Å²) in [6.45, 7) is 11.2. The average molecular weight is 1270 g/mol. The Morgan fingerprint density at radius 3 is 1.00 bits per heavy atom. The first kappa shape index (κ1) is 62.4. The zero-order valence-corrected chi connectivity index (χ0v) is 41.5. The van der Waals surface area contributed by atoms with E-state index in [1.165, 1.54) is 19.2 Å². The number of rotatable bonds is 11. The number of sulfonamides is 2. The van der Waals surface area contributed by atoms with E-state index in [-0.39, 0.29) is 74.6 Å². The van der Waals surface area contributed by atoms with Gasteiger partial charge in [0.05, 0.1) is 36.5 Å². The minimum atomic E-state index is -6.72. The molecule has 0 spiro atoms. The summed E-state index contributed by atoms with van der Waals surface area (Å²) in [5.74, 6) is -0.796. The van der Waals surface area contributed by atoms with E-state index < -0.39 is 96.6 Å². The number of hydrogen-bond donors (Lipinski definition) is 0. The molecular formula is C41H37AuF18NO6PS2. The fourth-order valence-electron chi connectivity index (χ4n) is 6.35. The Balaban J connectivity index is 0.000000903. The SMILES string of the molecule is COc1ccc(OC)c(P(c2cc(C(F)(F)F)cc(C(F)(F)F)c2)c2cc(C(F)(F)F)cc(C(F)(F)F)c2)c1-c1c(C(C)C)cc(C(C)C)cc1C(C)C.O=S(=O)([N-]S(=O)(=O)C(F)(F)F)C(F)(F)F.[Au+]. The van der Waals surface area contributed by atoms with Crippen molar-refractivity contribution in [2.45, 2.75) is 95.0 Å². The minimum Gasteiger partial charge on any atom is -0.496 e. The number of methoxy groups -OCH3 is 2. The van der Waals surface area contributed by atoms with Gasteiger partial charge in [0.15, 0.2) is 20.0 Å². The van der Waals surface area contributed by atoms with Crippen LogP contribution in [-0.4, -0.2) is 42.1 Å². The van der Waals surface area contributed by atoms with Crippen LogP contribution in [0.3, 0.4) is 0 Å². The van der Waals surface area contributed by atoms with Crippen LogP contribution in [0.15, 0.2) is 60.7 Å². The molecule has 0 heterocycles. The molecule has 0 amide bonds. The van der Waals surface area contributed by atoms with Crippen molar-refractivity contribution in [3.63, 3.8) is 0 Å². The monoisotopic (exact) mass is 1270 g/mol. The van der Waals surface area contributed by atoms with E-state index in [4.69, 9.17) is 9.47 Å².